The number of amidine groups is 1. The average Bonchev–Trinajstić information content (AvgIpc) is 2.69. The quantitative estimate of drug-likeness (QED) is 0.335. The Bertz CT molecular complexity index is 1210. The molecule has 8 nitrogen and oxygen atoms in total. The van der Waals surface area contributed by atoms with Crippen LogP contribution < -0.4 is 15.2 Å². The van der Waals surface area contributed by atoms with Crippen molar-refractivity contribution < 1.29 is 27.4 Å². The number of anilines is 1. The highest BCUT2D eigenvalue weighted by molar-refractivity contribution is 7.92. The maximum atomic E-state index is 13.0. The Morgan fingerprint density at radius 2 is 1.67 bits per heavy atom. The number of benzene rings is 3. The molecule has 3 rings (SSSR count). The van der Waals surface area contributed by atoms with Crippen molar-refractivity contribution in [2.45, 2.75) is 4.90 Å². The van der Waals surface area contributed by atoms with Gasteiger partial charge in [-0.25, -0.2) is 17.6 Å². The zero-order valence-electron chi connectivity index (χ0n) is 15.3. The molecule has 3 aromatic carbocycles. The molecule has 0 bridgehead atoms. The SMILES string of the molecule is N=C(N)c1ccc(Oc2ccc(NS(=O)(=O)c3ccc(F)cc3)cc2C(=O)O)cc1. The lowest BCUT2D eigenvalue weighted by molar-refractivity contribution is 0.0694. The van der Waals surface area contributed by atoms with Gasteiger partial charge in [-0.15, -0.1) is 0 Å². The molecule has 0 aliphatic carbocycles. The second-order valence-electron chi connectivity index (χ2n) is 6.12. The summed E-state index contributed by atoms with van der Waals surface area (Å²) in [5.41, 5.74) is 5.59. The molecular formula is C20H16FN3O5S. The van der Waals surface area contributed by atoms with E-state index in [0.717, 1.165) is 30.3 Å². The van der Waals surface area contributed by atoms with Crippen LogP contribution in [0.2, 0.25) is 0 Å². The molecule has 0 saturated carbocycles. The molecule has 154 valence electrons. The lowest BCUT2D eigenvalue weighted by Crippen LogP contribution is -2.13. The fourth-order valence-electron chi connectivity index (χ4n) is 2.51. The number of sulfonamides is 1. The van der Waals surface area contributed by atoms with E-state index in [2.05, 4.69) is 4.72 Å². The summed E-state index contributed by atoms with van der Waals surface area (Å²) in [6, 6.07) is 14.1. The largest absolute Gasteiger partial charge is 0.478 e. The number of carbonyl (C=O) groups is 1. The molecule has 0 atom stereocenters. The third kappa shape index (κ3) is 4.73. The number of aromatic carboxylic acids is 1. The van der Waals surface area contributed by atoms with Crippen LogP contribution in [0.15, 0.2) is 71.6 Å². The molecule has 3 aromatic rings. The Morgan fingerprint density at radius 1 is 1.03 bits per heavy atom. The Kier molecular flexibility index (Phi) is 5.70. The first-order chi connectivity index (χ1) is 14.2. The number of nitrogens with two attached hydrogens (primary N) is 1. The van der Waals surface area contributed by atoms with Crippen molar-refractivity contribution in [3.05, 3.63) is 83.7 Å². The number of hydrogen-bond acceptors (Lipinski definition) is 5. The zero-order chi connectivity index (χ0) is 21.9. The van der Waals surface area contributed by atoms with Crippen LogP contribution in [0.1, 0.15) is 15.9 Å². The highest BCUT2D eigenvalue weighted by Crippen LogP contribution is 2.29. The van der Waals surface area contributed by atoms with E-state index in [-0.39, 0.29) is 27.7 Å². The third-order valence-electron chi connectivity index (χ3n) is 3.98. The maximum Gasteiger partial charge on any atom is 0.339 e. The molecule has 0 aliphatic rings. The predicted molar refractivity (Wildman–Crippen MR) is 108 cm³/mol. The lowest BCUT2D eigenvalue weighted by atomic mass is 10.1. The molecule has 10 heteroatoms. The Labute approximate surface area is 171 Å². The molecule has 0 saturated heterocycles. The summed E-state index contributed by atoms with van der Waals surface area (Å²) >= 11 is 0. The zero-order valence-corrected chi connectivity index (χ0v) is 16.1. The lowest BCUT2D eigenvalue weighted by Gasteiger charge is -2.12. The molecule has 0 unspecified atom stereocenters. The molecule has 0 amide bonds. The third-order valence-corrected chi connectivity index (χ3v) is 5.38. The van der Waals surface area contributed by atoms with Gasteiger partial charge in [-0.05, 0) is 66.7 Å². The van der Waals surface area contributed by atoms with Gasteiger partial charge in [0.15, 0.2) is 0 Å². The predicted octanol–water partition coefficient (Wildman–Crippen LogP) is 3.40. The second-order valence-corrected chi connectivity index (χ2v) is 7.80. The van der Waals surface area contributed by atoms with Crippen LogP contribution in [0.5, 0.6) is 11.5 Å². The van der Waals surface area contributed by atoms with Gasteiger partial charge < -0.3 is 15.6 Å². The molecule has 0 aliphatic heterocycles. The van der Waals surface area contributed by atoms with Crippen LogP contribution in [0.3, 0.4) is 0 Å². The molecule has 0 spiro atoms. The summed E-state index contributed by atoms with van der Waals surface area (Å²) in [6.07, 6.45) is 0. The van der Waals surface area contributed by atoms with E-state index < -0.39 is 21.8 Å². The topological polar surface area (TPSA) is 143 Å². The van der Waals surface area contributed by atoms with E-state index in [0.29, 0.717) is 11.3 Å². The molecule has 0 radical (unpaired) electrons. The van der Waals surface area contributed by atoms with Crippen molar-refractivity contribution in [2.75, 3.05) is 4.72 Å². The molecule has 0 heterocycles. The van der Waals surface area contributed by atoms with Gasteiger partial charge in [0, 0.05) is 11.3 Å². The van der Waals surface area contributed by atoms with Crippen molar-refractivity contribution in [2.24, 2.45) is 5.73 Å². The Balaban J connectivity index is 1.87. The van der Waals surface area contributed by atoms with Crippen LogP contribution in [0.4, 0.5) is 10.1 Å². The number of carboxylic acids is 1. The van der Waals surface area contributed by atoms with Crippen LogP contribution in [-0.4, -0.2) is 25.3 Å². The Morgan fingerprint density at radius 3 is 2.23 bits per heavy atom. The number of halogens is 1. The van der Waals surface area contributed by atoms with Crippen molar-refractivity contribution in [3.8, 4) is 11.5 Å². The van der Waals surface area contributed by atoms with Gasteiger partial charge in [-0.1, -0.05) is 0 Å². The van der Waals surface area contributed by atoms with E-state index in [1.165, 1.54) is 24.3 Å². The first-order valence-corrected chi connectivity index (χ1v) is 9.92. The maximum absolute atomic E-state index is 13.0. The summed E-state index contributed by atoms with van der Waals surface area (Å²) in [5, 5.41) is 16.9. The van der Waals surface area contributed by atoms with Gasteiger partial charge in [0.2, 0.25) is 0 Å². The first kappa shape index (κ1) is 20.8. The highest BCUT2D eigenvalue weighted by Gasteiger charge is 2.18. The summed E-state index contributed by atoms with van der Waals surface area (Å²) in [6.45, 7) is 0. The Hall–Kier alpha value is -3.92. The van der Waals surface area contributed by atoms with Crippen LogP contribution in [0, 0.1) is 11.2 Å². The molecule has 0 fully saturated rings. The minimum Gasteiger partial charge on any atom is -0.478 e. The van der Waals surface area contributed by atoms with E-state index >= 15 is 0 Å². The summed E-state index contributed by atoms with van der Waals surface area (Å²) in [7, 11) is -4.04. The van der Waals surface area contributed by atoms with E-state index in [1.54, 1.807) is 12.1 Å². The molecule has 30 heavy (non-hydrogen) atoms. The van der Waals surface area contributed by atoms with Gasteiger partial charge in [-0.2, -0.15) is 0 Å². The summed E-state index contributed by atoms with van der Waals surface area (Å²) in [4.78, 5) is 11.5. The smallest absolute Gasteiger partial charge is 0.339 e. The molecule has 0 aromatic heterocycles. The monoisotopic (exact) mass is 429 g/mol. The van der Waals surface area contributed by atoms with Gasteiger partial charge in [-0.3, -0.25) is 10.1 Å². The number of nitrogens with one attached hydrogen (secondary N) is 2. The minimum atomic E-state index is -4.04. The minimum absolute atomic E-state index is 0.00370. The van der Waals surface area contributed by atoms with Crippen molar-refractivity contribution in [1.29, 1.82) is 5.41 Å². The van der Waals surface area contributed by atoms with Crippen LogP contribution in [-0.2, 0) is 10.0 Å². The van der Waals surface area contributed by atoms with Crippen molar-refractivity contribution >= 4 is 27.5 Å². The van der Waals surface area contributed by atoms with Gasteiger partial charge in [0.05, 0.1) is 4.90 Å². The van der Waals surface area contributed by atoms with Gasteiger partial charge in [0.1, 0.15) is 28.7 Å². The normalized spacial score (nSPS) is 11.0. The summed E-state index contributed by atoms with van der Waals surface area (Å²) in [5.74, 6) is -1.73. The first-order valence-electron chi connectivity index (χ1n) is 8.44. The fourth-order valence-corrected chi connectivity index (χ4v) is 3.56. The van der Waals surface area contributed by atoms with E-state index in [1.807, 2.05) is 0 Å². The van der Waals surface area contributed by atoms with Gasteiger partial charge in [0.25, 0.3) is 10.0 Å². The highest BCUT2D eigenvalue weighted by atomic mass is 32.2. The van der Waals surface area contributed by atoms with Gasteiger partial charge >= 0.3 is 5.97 Å². The van der Waals surface area contributed by atoms with E-state index in [4.69, 9.17) is 15.9 Å². The van der Waals surface area contributed by atoms with Crippen molar-refractivity contribution in [3.63, 3.8) is 0 Å². The average molecular weight is 429 g/mol. The standard InChI is InChI=1S/C20H16FN3O5S/c21-13-3-8-16(9-4-13)30(27,28)24-14-5-10-18(17(11-14)20(25)26)29-15-6-1-12(2-7-15)19(22)23/h1-11,24H,(H3,22,23)(H,25,26). The molecule has 5 N–H and O–H groups in total. The van der Waals surface area contributed by atoms with E-state index in [9.17, 15) is 22.7 Å². The van der Waals surface area contributed by atoms with Crippen molar-refractivity contribution in [1.82, 2.24) is 0 Å². The number of ether oxygens (including phenoxy) is 1. The number of carboxylic acid groups (broad SMARTS) is 1. The molecular weight excluding hydrogens is 413 g/mol. The number of nitrogen functional groups attached to an aromatic ring is 1. The fraction of sp³-hybridized carbons (Fsp3) is 0. The second kappa shape index (κ2) is 8.21. The van der Waals surface area contributed by atoms with Crippen LogP contribution in [0.25, 0.3) is 0 Å². The summed E-state index contributed by atoms with van der Waals surface area (Å²) < 4.78 is 45.7. The number of hydrogen-bond donors (Lipinski definition) is 4. The number of rotatable bonds is 7. The van der Waals surface area contributed by atoms with Crippen LogP contribution >= 0.6 is 0 Å².